The van der Waals surface area contributed by atoms with Crippen molar-refractivity contribution in [2.75, 3.05) is 18.6 Å². The van der Waals surface area contributed by atoms with Crippen LogP contribution >= 0.6 is 11.6 Å². The molecule has 0 fully saturated rings. The molecule has 6 heteroatoms. The van der Waals surface area contributed by atoms with Gasteiger partial charge in [0.25, 0.3) is 11.8 Å². The number of imide groups is 1. The molecule has 3 aromatic carbocycles. The lowest BCUT2D eigenvalue weighted by molar-refractivity contribution is -0.120. The molecule has 0 saturated heterocycles. The zero-order valence-electron chi connectivity index (χ0n) is 17.9. The molecular formula is C26H23ClN2O3. The molecule has 1 heterocycles. The molecule has 0 radical (unpaired) electrons. The van der Waals surface area contributed by atoms with Crippen LogP contribution in [0, 0.1) is 0 Å². The van der Waals surface area contributed by atoms with E-state index in [4.69, 9.17) is 16.3 Å². The number of amides is 2. The van der Waals surface area contributed by atoms with Crippen LogP contribution in [-0.4, -0.2) is 30.4 Å². The Balaban J connectivity index is 1.78. The minimum atomic E-state index is -0.374. The van der Waals surface area contributed by atoms with Crippen molar-refractivity contribution < 1.29 is 14.3 Å². The summed E-state index contributed by atoms with van der Waals surface area (Å²) in [6, 6.07) is 23.8. The average molecular weight is 447 g/mol. The van der Waals surface area contributed by atoms with Crippen LogP contribution in [0.3, 0.4) is 0 Å². The molecule has 5 nitrogen and oxygen atoms in total. The van der Waals surface area contributed by atoms with Crippen LogP contribution in [0.15, 0.2) is 84.6 Å². The number of nitrogens with zero attached hydrogens (tertiary/aromatic N) is 2. The smallest absolute Gasteiger partial charge is 0.282 e. The number of ether oxygens (including phenoxy) is 1. The lowest BCUT2D eigenvalue weighted by Crippen LogP contribution is -2.34. The van der Waals surface area contributed by atoms with E-state index in [1.165, 1.54) is 4.90 Å². The standard InChI is InChI=1S/C26H23ClN2O3/c1-3-32-22-11-7-10-21(16-22)29-25(30)23(19-12-14-20(27)15-13-19)24(26(29)31)28(2)17-18-8-5-4-6-9-18/h4-16H,3,17H2,1-2H3. The second-order valence-corrected chi connectivity index (χ2v) is 7.88. The Bertz CT molecular complexity index is 1170. The highest BCUT2D eigenvalue weighted by Gasteiger charge is 2.41. The van der Waals surface area contributed by atoms with E-state index in [9.17, 15) is 9.59 Å². The predicted molar refractivity (Wildman–Crippen MR) is 126 cm³/mol. The van der Waals surface area contributed by atoms with Crippen LogP contribution in [-0.2, 0) is 16.1 Å². The second-order valence-electron chi connectivity index (χ2n) is 7.45. The Morgan fingerprint density at radius 1 is 0.906 bits per heavy atom. The molecule has 0 spiro atoms. The van der Waals surface area contributed by atoms with Gasteiger partial charge in [-0.2, -0.15) is 0 Å². The third-order valence-corrected chi connectivity index (χ3v) is 5.48. The highest BCUT2D eigenvalue weighted by Crippen LogP contribution is 2.36. The maximum Gasteiger partial charge on any atom is 0.282 e. The maximum absolute atomic E-state index is 13.6. The van der Waals surface area contributed by atoms with Crippen LogP contribution in [0.4, 0.5) is 5.69 Å². The van der Waals surface area contributed by atoms with E-state index in [0.717, 1.165) is 5.56 Å². The molecule has 4 rings (SSSR count). The topological polar surface area (TPSA) is 49.9 Å². The van der Waals surface area contributed by atoms with Crippen molar-refractivity contribution in [1.29, 1.82) is 0 Å². The summed E-state index contributed by atoms with van der Waals surface area (Å²) >= 11 is 6.06. The Morgan fingerprint density at radius 2 is 1.62 bits per heavy atom. The fourth-order valence-corrected chi connectivity index (χ4v) is 3.92. The number of likely N-dealkylation sites (N-methyl/N-ethyl adjacent to an activating group) is 1. The summed E-state index contributed by atoms with van der Waals surface area (Å²) in [5.41, 5.74) is 2.86. The SMILES string of the molecule is CCOc1cccc(N2C(=O)C(c3ccc(Cl)cc3)=C(N(C)Cc3ccccc3)C2=O)c1. The van der Waals surface area contributed by atoms with Crippen molar-refractivity contribution in [2.45, 2.75) is 13.5 Å². The molecular weight excluding hydrogens is 424 g/mol. The zero-order valence-corrected chi connectivity index (χ0v) is 18.7. The first-order valence-corrected chi connectivity index (χ1v) is 10.7. The molecule has 32 heavy (non-hydrogen) atoms. The van der Waals surface area contributed by atoms with Gasteiger partial charge in [0, 0.05) is 24.7 Å². The Hall–Kier alpha value is -3.57. The van der Waals surface area contributed by atoms with Gasteiger partial charge in [-0.1, -0.05) is 60.1 Å². The monoisotopic (exact) mass is 446 g/mol. The molecule has 1 aliphatic rings. The molecule has 0 saturated carbocycles. The number of hydrogen-bond acceptors (Lipinski definition) is 4. The Morgan fingerprint density at radius 3 is 2.31 bits per heavy atom. The maximum atomic E-state index is 13.6. The second kappa shape index (κ2) is 9.28. The van der Waals surface area contributed by atoms with Gasteiger partial charge in [-0.15, -0.1) is 0 Å². The molecule has 0 N–H and O–H groups in total. The van der Waals surface area contributed by atoms with Crippen LogP contribution in [0.5, 0.6) is 5.75 Å². The molecule has 0 aromatic heterocycles. The highest BCUT2D eigenvalue weighted by molar-refractivity contribution is 6.45. The molecule has 2 amide bonds. The first-order chi connectivity index (χ1) is 15.5. The minimum absolute atomic E-state index is 0.350. The molecule has 1 aliphatic heterocycles. The van der Waals surface area contributed by atoms with Gasteiger partial charge in [0.1, 0.15) is 11.4 Å². The lowest BCUT2D eigenvalue weighted by atomic mass is 10.0. The summed E-state index contributed by atoms with van der Waals surface area (Å²) in [5, 5.41) is 0.562. The highest BCUT2D eigenvalue weighted by atomic mass is 35.5. The first-order valence-electron chi connectivity index (χ1n) is 10.4. The van der Waals surface area contributed by atoms with Crippen molar-refractivity contribution in [3.63, 3.8) is 0 Å². The van der Waals surface area contributed by atoms with Crippen molar-refractivity contribution in [2.24, 2.45) is 0 Å². The van der Waals surface area contributed by atoms with Gasteiger partial charge in [0.05, 0.1) is 17.9 Å². The summed E-state index contributed by atoms with van der Waals surface area (Å²) in [5.74, 6) is -0.141. The van der Waals surface area contributed by atoms with Crippen LogP contribution in [0.25, 0.3) is 5.57 Å². The fourth-order valence-electron chi connectivity index (χ4n) is 3.80. The van der Waals surface area contributed by atoms with Gasteiger partial charge in [-0.05, 0) is 42.3 Å². The summed E-state index contributed by atoms with van der Waals surface area (Å²) < 4.78 is 5.57. The van der Waals surface area contributed by atoms with Gasteiger partial charge in [-0.25, -0.2) is 4.90 Å². The quantitative estimate of drug-likeness (QED) is 0.471. The number of halogens is 1. The Kier molecular flexibility index (Phi) is 6.28. The van der Waals surface area contributed by atoms with E-state index in [2.05, 4.69) is 0 Å². The van der Waals surface area contributed by atoms with Crippen molar-refractivity contribution in [3.05, 3.63) is 101 Å². The number of hydrogen-bond donors (Lipinski definition) is 0. The van der Waals surface area contributed by atoms with E-state index in [1.54, 1.807) is 48.5 Å². The minimum Gasteiger partial charge on any atom is -0.494 e. The van der Waals surface area contributed by atoms with E-state index >= 15 is 0 Å². The molecule has 162 valence electrons. The van der Waals surface area contributed by atoms with E-state index in [1.807, 2.05) is 49.2 Å². The van der Waals surface area contributed by atoms with Crippen LogP contribution in [0.2, 0.25) is 5.02 Å². The average Bonchev–Trinajstić information content (AvgIpc) is 3.05. The van der Waals surface area contributed by atoms with Crippen molar-refractivity contribution in [1.82, 2.24) is 4.90 Å². The molecule has 0 aliphatic carbocycles. The van der Waals surface area contributed by atoms with Gasteiger partial charge < -0.3 is 9.64 Å². The number of benzene rings is 3. The Labute approximate surface area is 192 Å². The van der Waals surface area contributed by atoms with Gasteiger partial charge in [0.15, 0.2) is 0 Å². The largest absolute Gasteiger partial charge is 0.494 e. The molecule has 0 bridgehead atoms. The van der Waals surface area contributed by atoms with Crippen LogP contribution in [0.1, 0.15) is 18.1 Å². The summed E-state index contributed by atoms with van der Waals surface area (Å²) in [6.45, 7) is 2.86. The summed E-state index contributed by atoms with van der Waals surface area (Å²) in [4.78, 5) is 30.2. The third-order valence-electron chi connectivity index (χ3n) is 5.22. The number of carbonyl (C=O) groups is 2. The van der Waals surface area contributed by atoms with Gasteiger partial charge in [-0.3, -0.25) is 9.59 Å². The predicted octanol–water partition coefficient (Wildman–Crippen LogP) is 5.16. The van der Waals surface area contributed by atoms with E-state index in [-0.39, 0.29) is 11.8 Å². The van der Waals surface area contributed by atoms with Gasteiger partial charge >= 0.3 is 0 Å². The fraction of sp³-hybridized carbons (Fsp3) is 0.154. The summed E-state index contributed by atoms with van der Waals surface area (Å²) in [7, 11) is 1.82. The number of anilines is 1. The van der Waals surface area contributed by atoms with E-state index < -0.39 is 0 Å². The molecule has 3 aromatic rings. The lowest BCUT2D eigenvalue weighted by Gasteiger charge is -2.22. The number of rotatable bonds is 7. The van der Waals surface area contributed by atoms with Crippen molar-refractivity contribution >= 4 is 34.7 Å². The molecule has 0 unspecified atom stereocenters. The normalized spacial score (nSPS) is 13.7. The van der Waals surface area contributed by atoms with E-state index in [0.29, 0.717) is 46.4 Å². The third kappa shape index (κ3) is 4.25. The molecule has 0 atom stereocenters. The first kappa shape index (κ1) is 21.7. The number of carbonyl (C=O) groups excluding carboxylic acids is 2. The summed E-state index contributed by atoms with van der Waals surface area (Å²) in [6.07, 6.45) is 0. The zero-order chi connectivity index (χ0) is 22.7. The van der Waals surface area contributed by atoms with Crippen molar-refractivity contribution in [3.8, 4) is 5.75 Å². The van der Waals surface area contributed by atoms with Crippen LogP contribution < -0.4 is 9.64 Å². The van der Waals surface area contributed by atoms with Gasteiger partial charge in [0.2, 0.25) is 0 Å².